The van der Waals surface area contributed by atoms with Crippen molar-refractivity contribution in [2.75, 3.05) is 32.2 Å². The van der Waals surface area contributed by atoms with Crippen molar-refractivity contribution in [2.24, 2.45) is 5.73 Å². The van der Waals surface area contributed by atoms with Gasteiger partial charge >= 0.3 is 0 Å². The van der Waals surface area contributed by atoms with Gasteiger partial charge in [-0.15, -0.1) is 12.4 Å². The van der Waals surface area contributed by atoms with Gasteiger partial charge in [0.2, 0.25) is 0 Å². The van der Waals surface area contributed by atoms with Gasteiger partial charge in [-0.2, -0.15) is 0 Å². The second-order valence-corrected chi connectivity index (χ2v) is 5.18. The number of carbonyl (C=O) groups is 1. The van der Waals surface area contributed by atoms with Gasteiger partial charge in [0.1, 0.15) is 6.10 Å². The third-order valence-corrected chi connectivity index (χ3v) is 3.91. The minimum absolute atomic E-state index is 0. The molecule has 2 N–H and O–H groups in total. The molecule has 0 saturated carbocycles. The van der Waals surface area contributed by atoms with Gasteiger partial charge in [0.25, 0.3) is 5.91 Å². The summed E-state index contributed by atoms with van der Waals surface area (Å²) in [4.78, 5) is 14.4. The molecule has 7 heteroatoms. The maximum absolute atomic E-state index is 12.7. The standard InChI is InChI=1S/C16H24N2O4.ClH/c1-4-18(16(19)14-8-6-12(10-17)22-14)11-5-7-13(20-2)15(9-11)21-3;/h5,7,9,12,14H,4,6,8,10,17H2,1-3H3;1H/t12-,14+;/m1./s1. The minimum Gasteiger partial charge on any atom is -0.493 e. The summed E-state index contributed by atoms with van der Waals surface area (Å²) < 4.78 is 16.2. The number of halogens is 1. The second kappa shape index (κ2) is 8.96. The Bertz CT molecular complexity index is 527. The first-order valence-electron chi connectivity index (χ1n) is 7.53. The summed E-state index contributed by atoms with van der Waals surface area (Å²) in [6.07, 6.45) is 1.11. The average molecular weight is 345 g/mol. The zero-order chi connectivity index (χ0) is 16.1. The van der Waals surface area contributed by atoms with Gasteiger partial charge in [-0.05, 0) is 31.9 Å². The van der Waals surface area contributed by atoms with Crippen molar-refractivity contribution < 1.29 is 19.0 Å². The number of carbonyl (C=O) groups excluding carboxylic acids is 1. The van der Waals surface area contributed by atoms with E-state index in [1.807, 2.05) is 13.0 Å². The lowest BCUT2D eigenvalue weighted by Gasteiger charge is -2.25. The second-order valence-electron chi connectivity index (χ2n) is 5.18. The van der Waals surface area contributed by atoms with Crippen LogP contribution in [-0.2, 0) is 9.53 Å². The maximum Gasteiger partial charge on any atom is 0.256 e. The van der Waals surface area contributed by atoms with Crippen molar-refractivity contribution in [3.8, 4) is 11.5 Å². The van der Waals surface area contributed by atoms with Crippen molar-refractivity contribution >= 4 is 24.0 Å². The largest absolute Gasteiger partial charge is 0.493 e. The number of rotatable bonds is 6. The van der Waals surface area contributed by atoms with Crippen LogP contribution in [0.5, 0.6) is 11.5 Å². The Hall–Kier alpha value is -1.50. The summed E-state index contributed by atoms with van der Waals surface area (Å²) in [5, 5.41) is 0. The summed E-state index contributed by atoms with van der Waals surface area (Å²) in [7, 11) is 3.16. The fourth-order valence-corrected chi connectivity index (χ4v) is 2.69. The zero-order valence-corrected chi connectivity index (χ0v) is 14.6. The molecule has 1 aliphatic rings. The number of methoxy groups -OCH3 is 2. The highest BCUT2D eigenvalue weighted by molar-refractivity contribution is 5.97. The van der Waals surface area contributed by atoms with Gasteiger partial charge in [-0.1, -0.05) is 0 Å². The van der Waals surface area contributed by atoms with Crippen LogP contribution in [0.3, 0.4) is 0 Å². The Morgan fingerprint density at radius 3 is 2.52 bits per heavy atom. The number of hydrogen-bond donors (Lipinski definition) is 1. The number of likely N-dealkylation sites (N-methyl/N-ethyl adjacent to an activating group) is 1. The van der Waals surface area contributed by atoms with Crippen molar-refractivity contribution in [2.45, 2.75) is 32.0 Å². The minimum atomic E-state index is -0.415. The van der Waals surface area contributed by atoms with Crippen molar-refractivity contribution in [3.05, 3.63) is 18.2 Å². The van der Waals surface area contributed by atoms with Gasteiger partial charge in [-0.25, -0.2) is 0 Å². The first-order valence-corrected chi connectivity index (χ1v) is 7.53. The van der Waals surface area contributed by atoms with E-state index in [-0.39, 0.29) is 24.4 Å². The third-order valence-electron chi connectivity index (χ3n) is 3.91. The molecule has 130 valence electrons. The Morgan fingerprint density at radius 1 is 1.30 bits per heavy atom. The van der Waals surface area contributed by atoms with Gasteiger partial charge in [0, 0.05) is 24.8 Å². The molecule has 1 heterocycles. The lowest BCUT2D eigenvalue weighted by Crippen LogP contribution is -2.39. The molecule has 0 aliphatic carbocycles. The quantitative estimate of drug-likeness (QED) is 0.854. The van der Waals surface area contributed by atoms with E-state index in [0.29, 0.717) is 31.0 Å². The molecule has 0 spiro atoms. The Morgan fingerprint density at radius 2 is 2.00 bits per heavy atom. The third kappa shape index (κ3) is 4.28. The van der Waals surface area contributed by atoms with Crippen LogP contribution in [0.25, 0.3) is 0 Å². The Kier molecular flexibility index (Phi) is 7.61. The highest BCUT2D eigenvalue weighted by atomic mass is 35.5. The number of nitrogens with zero attached hydrogens (tertiary/aromatic N) is 1. The van der Waals surface area contributed by atoms with Gasteiger partial charge in [0.15, 0.2) is 11.5 Å². The number of hydrogen-bond acceptors (Lipinski definition) is 5. The lowest BCUT2D eigenvalue weighted by molar-refractivity contribution is -0.129. The van der Waals surface area contributed by atoms with Crippen LogP contribution >= 0.6 is 12.4 Å². The van der Waals surface area contributed by atoms with E-state index in [4.69, 9.17) is 19.9 Å². The molecule has 1 aromatic rings. The van der Waals surface area contributed by atoms with E-state index in [2.05, 4.69) is 0 Å². The van der Waals surface area contributed by atoms with Gasteiger partial charge in [0.05, 0.1) is 20.3 Å². The molecule has 1 aliphatic heterocycles. The molecule has 6 nitrogen and oxygen atoms in total. The SMILES string of the molecule is CCN(C(=O)[C@@H]1CC[C@H](CN)O1)c1ccc(OC)c(OC)c1.Cl. The molecular weight excluding hydrogens is 320 g/mol. The zero-order valence-electron chi connectivity index (χ0n) is 13.8. The van der Waals surface area contributed by atoms with E-state index < -0.39 is 6.10 Å². The summed E-state index contributed by atoms with van der Waals surface area (Å²) >= 11 is 0. The Balaban J connectivity index is 0.00000264. The van der Waals surface area contributed by atoms with E-state index in [0.717, 1.165) is 12.1 Å². The molecule has 1 aromatic carbocycles. The number of nitrogens with two attached hydrogens (primary N) is 1. The average Bonchev–Trinajstić information content (AvgIpc) is 3.04. The maximum atomic E-state index is 12.7. The van der Waals surface area contributed by atoms with Crippen LogP contribution in [0.4, 0.5) is 5.69 Å². The van der Waals surface area contributed by atoms with Crippen LogP contribution < -0.4 is 20.1 Å². The summed E-state index contributed by atoms with van der Waals surface area (Å²) in [6, 6.07) is 5.44. The molecule has 2 rings (SSSR count). The topological polar surface area (TPSA) is 74.0 Å². The molecular formula is C16H25ClN2O4. The first kappa shape index (κ1) is 19.5. The normalized spacial score (nSPS) is 19.8. The van der Waals surface area contributed by atoms with Crippen LogP contribution in [-0.4, -0.2) is 45.4 Å². The monoisotopic (exact) mass is 344 g/mol. The van der Waals surface area contributed by atoms with E-state index in [1.54, 1.807) is 31.3 Å². The molecule has 2 atom stereocenters. The number of anilines is 1. The number of ether oxygens (including phenoxy) is 3. The molecule has 23 heavy (non-hydrogen) atoms. The molecule has 0 aromatic heterocycles. The molecule has 1 saturated heterocycles. The predicted octanol–water partition coefficient (Wildman–Crippen LogP) is 1.98. The van der Waals surface area contributed by atoms with Gasteiger partial charge in [-0.3, -0.25) is 4.79 Å². The predicted molar refractivity (Wildman–Crippen MR) is 91.8 cm³/mol. The van der Waals surface area contributed by atoms with Crippen molar-refractivity contribution in [1.29, 1.82) is 0 Å². The summed E-state index contributed by atoms with van der Waals surface area (Å²) in [6.45, 7) is 2.94. The highest BCUT2D eigenvalue weighted by Gasteiger charge is 2.33. The van der Waals surface area contributed by atoms with Crippen molar-refractivity contribution in [3.63, 3.8) is 0 Å². The highest BCUT2D eigenvalue weighted by Crippen LogP contribution is 2.32. The van der Waals surface area contributed by atoms with Crippen LogP contribution in [0, 0.1) is 0 Å². The Labute approximate surface area is 143 Å². The molecule has 0 radical (unpaired) electrons. The number of benzene rings is 1. The first-order chi connectivity index (χ1) is 10.6. The van der Waals surface area contributed by atoms with Crippen molar-refractivity contribution in [1.82, 2.24) is 0 Å². The smallest absolute Gasteiger partial charge is 0.256 e. The fourth-order valence-electron chi connectivity index (χ4n) is 2.69. The number of amides is 1. The molecule has 0 unspecified atom stereocenters. The van der Waals surface area contributed by atoms with Crippen LogP contribution in [0.2, 0.25) is 0 Å². The summed E-state index contributed by atoms with van der Waals surface area (Å²) in [5.74, 6) is 1.19. The van der Waals surface area contributed by atoms with E-state index in [9.17, 15) is 4.79 Å². The lowest BCUT2D eigenvalue weighted by atomic mass is 10.1. The molecule has 1 amide bonds. The van der Waals surface area contributed by atoms with Gasteiger partial charge < -0.3 is 24.8 Å². The van der Waals surface area contributed by atoms with Crippen LogP contribution in [0.15, 0.2) is 18.2 Å². The molecule has 1 fully saturated rings. The fraction of sp³-hybridized carbons (Fsp3) is 0.562. The summed E-state index contributed by atoms with van der Waals surface area (Å²) in [5.41, 5.74) is 6.37. The van der Waals surface area contributed by atoms with E-state index in [1.165, 1.54) is 0 Å². The molecule has 0 bridgehead atoms. The van der Waals surface area contributed by atoms with E-state index >= 15 is 0 Å². The van der Waals surface area contributed by atoms with Crippen LogP contribution in [0.1, 0.15) is 19.8 Å².